The summed E-state index contributed by atoms with van der Waals surface area (Å²) in [7, 11) is 1.37. The first-order valence-corrected chi connectivity index (χ1v) is 6.44. The Hall–Kier alpha value is -2.95. The average molecular weight is 300 g/mol. The molecule has 5 nitrogen and oxygen atoms in total. The number of carboxylic acid groups (broad SMARTS) is 1. The molecule has 1 N–H and O–H groups in total. The zero-order valence-electron chi connectivity index (χ0n) is 12.3. The van der Waals surface area contributed by atoms with E-state index in [-0.39, 0.29) is 11.5 Å². The largest absolute Gasteiger partial charge is 0.475 e. The van der Waals surface area contributed by atoms with Gasteiger partial charge in [0.05, 0.1) is 12.7 Å². The maximum atomic E-state index is 11.0. The van der Waals surface area contributed by atoms with Gasteiger partial charge in [-0.2, -0.15) is 0 Å². The van der Waals surface area contributed by atoms with Gasteiger partial charge in [0.25, 0.3) is 5.78 Å². The van der Waals surface area contributed by atoms with Crippen LogP contribution in [0.3, 0.4) is 0 Å². The Morgan fingerprint density at radius 1 is 0.909 bits per heavy atom. The standard InChI is InChI=1S/C9H8O3.C8H8O2/c1-6-4-2-3-5-7(6)8(10)9(11)12;1-10-8(9)7-5-3-2-4-6-7/h2-5H,1H3,(H,11,12);2-6H,1H3. The van der Waals surface area contributed by atoms with Crippen LogP contribution in [0.25, 0.3) is 0 Å². The Morgan fingerprint density at radius 2 is 1.45 bits per heavy atom. The van der Waals surface area contributed by atoms with E-state index in [0.29, 0.717) is 11.1 Å². The second-order valence-corrected chi connectivity index (χ2v) is 4.31. The minimum atomic E-state index is -1.41. The smallest absolute Gasteiger partial charge is 0.377 e. The fourth-order valence-corrected chi connectivity index (χ4v) is 1.63. The van der Waals surface area contributed by atoms with E-state index >= 15 is 0 Å². The molecule has 0 bridgehead atoms. The fourth-order valence-electron chi connectivity index (χ4n) is 1.63. The normalized spacial score (nSPS) is 9.18. The van der Waals surface area contributed by atoms with Crippen molar-refractivity contribution < 1.29 is 24.2 Å². The molecule has 114 valence electrons. The Bertz CT molecular complexity index is 662. The Labute approximate surface area is 128 Å². The first-order valence-electron chi connectivity index (χ1n) is 6.44. The number of ketones is 1. The van der Waals surface area contributed by atoms with E-state index < -0.39 is 11.8 Å². The molecule has 2 aromatic rings. The number of ether oxygens (including phenoxy) is 1. The first kappa shape index (κ1) is 17.1. The lowest BCUT2D eigenvalue weighted by Gasteiger charge is -1.98. The number of hydrogen-bond donors (Lipinski definition) is 1. The summed E-state index contributed by atoms with van der Waals surface area (Å²) < 4.78 is 4.50. The molecule has 0 atom stereocenters. The topological polar surface area (TPSA) is 80.7 Å². The van der Waals surface area contributed by atoms with E-state index in [2.05, 4.69) is 4.74 Å². The molecule has 0 saturated heterocycles. The molecule has 0 aromatic heterocycles. The number of benzene rings is 2. The van der Waals surface area contributed by atoms with Crippen LogP contribution >= 0.6 is 0 Å². The number of rotatable bonds is 3. The molecule has 2 aromatic carbocycles. The monoisotopic (exact) mass is 300 g/mol. The molecule has 22 heavy (non-hydrogen) atoms. The minimum absolute atomic E-state index is 0.255. The summed E-state index contributed by atoms with van der Waals surface area (Å²) in [6.07, 6.45) is 0. The SMILES string of the molecule is COC(=O)c1ccccc1.Cc1ccccc1C(=O)C(=O)O. The van der Waals surface area contributed by atoms with Crippen molar-refractivity contribution in [3.8, 4) is 0 Å². The van der Waals surface area contributed by atoms with Crippen LogP contribution in [0, 0.1) is 6.92 Å². The Balaban J connectivity index is 0.000000224. The van der Waals surface area contributed by atoms with Gasteiger partial charge in [0.2, 0.25) is 0 Å². The van der Waals surface area contributed by atoms with Crippen LogP contribution < -0.4 is 0 Å². The lowest BCUT2D eigenvalue weighted by Crippen LogP contribution is -2.13. The van der Waals surface area contributed by atoms with Gasteiger partial charge in [-0.05, 0) is 24.6 Å². The number of Topliss-reactive ketones (excluding diaryl/α,β-unsaturated/α-hetero) is 1. The highest BCUT2D eigenvalue weighted by molar-refractivity contribution is 6.40. The predicted octanol–water partition coefficient (Wildman–Crippen LogP) is 2.74. The van der Waals surface area contributed by atoms with Gasteiger partial charge in [-0.1, -0.05) is 42.5 Å². The van der Waals surface area contributed by atoms with Gasteiger partial charge in [0.15, 0.2) is 0 Å². The number of carbonyl (C=O) groups is 3. The van der Waals surface area contributed by atoms with E-state index in [1.54, 1.807) is 49.4 Å². The van der Waals surface area contributed by atoms with Gasteiger partial charge < -0.3 is 9.84 Å². The van der Waals surface area contributed by atoms with E-state index in [4.69, 9.17) is 5.11 Å². The second kappa shape index (κ2) is 8.36. The summed E-state index contributed by atoms with van der Waals surface area (Å²) in [4.78, 5) is 32.1. The third kappa shape index (κ3) is 4.86. The van der Waals surface area contributed by atoms with E-state index in [1.165, 1.54) is 13.2 Å². The molecule has 2 rings (SSSR count). The molecule has 0 amide bonds. The maximum absolute atomic E-state index is 11.0. The van der Waals surface area contributed by atoms with Gasteiger partial charge in [0.1, 0.15) is 0 Å². The molecule has 0 heterocycles. The summed E-state index contributed by atoms with van der Waals surface area (Å²) in [5, 5.41) is 8.41. The lowest BCUT2D eigenvalue weighted by molar-refractivity contribution is -0.131. The number of methoxy groups -OCH3 is 1. The number of hydrogen-bond acceptors (Lipinski definition) is 4. The van der Waals surface area contributed by atoms with E-state index in [0.717, 1.165) is 0 Å². The number of aliphatic carboxylic acids is 1. The molecule has 5 heteroatoms. The molecule has 0 spiro atoms. The molecule has 0 unspecified atom stereocenters. The van der Waals surface area contributed by atoms with Gasteiger partial charge in [0, 0.05) is 5.56 Å². The average Bonchev–Trinajstić information content (AvgIpc) is 2.55. The van der Waals surface area contributed by atoms with Crippen LogP contribution in [-0.4, -0.2) is 29.9 Å². The number of carboxylic acids is 1. The zero-order chi connectivity index (χ0) is 16.5. The zero-order valence-corrected chi connectivity index (χ0v) is 12.3. The van der Waals surface area contributed by atoms with Gasteiger partial charge in [-0.25, -0.2) is 9.59 Å². The molecule has 0 saturated carbocycles. The van der Waals surface area contributed by atoms with E-state index in [1.807, 2.05) is 6.07 Å². The predicted molar refractivity (Wildman–Crippen MR) is 80.9 cm³/mol. The Morgan fingerprint density at radius 3 is 1.95 bits per heavy atom. The van der Waals surface area contributed by atoms with Crippen LogP contribution in [0.15, 0.2) is 54.6 Å². The Kier molecular flexibility index (Phi) is 6.50. The summed E-state index contributed by atoms with van der Waals surface area (Å²) >= 11 is 0. The van der Waals surface area contributed by atoms with Crippen molar-refractivity contribution in [1.29, 1.82) is 0 Å². The summed E-state index contributed by atoms with van der Waals surface area (Å²) in [5.41, 5.74) is 1.53. The summed E-state index contributed by atoms with van der Waals surface area (Å²) in [5.74, 6) is -2.56. The molecular formula is C17H16O5. The molecule has 0 radical (unpaired) electrons. The van der Waals surface area contributed by atoms with Gasteiger partial charge >= 0.3 is 11.9 Å². The van der Waals surface area contributed by atoms with Crippen molar-refractivity contribution in [3.63, 3.8) is 0 Å². The van der Waals surface area contributed by atoms with Crippen LogP contribution in [0.5, 0.6) is 0 Å². The third-order valence-corrected chi connectivity index (χ3v) is 2.78. The number of carbonyl (C=O) groups excluding carboxylic acids is 2. The van der Waals surface area contributed by atoms with Crippen molar-refractivity contribution in [2.45, 2.75) is 6.92 Å². The third-order valence-electron chi connectivity index (χ3n) is 2.78. The van der Waals surface area contributed by atoms with Crippen LogP contribution in [-0.2, 0) is 9.53 Å². The van der Waals surface area contributed by atoms with Crippen molar-refractivity contribution in [1.82, 2.24) is 0 Å². The molecule has 0 fully saturated rings. The van der Waals surface area contributed by atoms with Crippen molar-refractivity contribution in [3.05, 3.63) is 71.3 Å². The van der Waals surface area contributed by atoms with Crippen LogP contribution in [0.4, 0.5) is 0 Å². The van der Waals surface area contributed by atoms with Gasteiger partial charge in [-0.3, -0.25) is 4.79 Å². The minimum Gasteiger partial charge on any atom is -0.475 e. The molecule has 0 aliphatic rings. The number of esters is 1. The highest BCUT2D eigenvalue weighted by atomic mass is 16.5. The lowest BCUT2D eigenvalue weighted by atomic mass is 10.1. The quantitative estimate of drug-likeness (QED) is 0.535. The van der Waals surface area contributed by atoms with Gasteiger partial charge in [-0.15, -0.1) is 0 Å². The highest BCUT2D eigenvalue weighted by Crippen LogP contribution is 2.07. The number of aryl methyl sites for hydroxylation is 1. The summed E-state index contributed by atoms with van der Waals surface area (Å²) in [6.45, 7) is 1.70. The highest BCUT2D eigenvalue weighted by Gasteiger charge is 2.15. The fraction of sp³-hybridized carbons (Fsp3) is 0.118. The van der Waals surface area contributed by atoms with Crippen molar-refractivity contribution >= 4 is 17.7 Å². The van der Waals surface area contributed by atoms with E-state index in [9.17, 15) is 14.4 Å². The van der Waals surface area contributed by atoms with Crippen LogP contribution in [0.1, 0.15) is 26.3 Å². The first-order chi connectivity index (χ1) is 10.5. The van der Waals surface area contributed by atoms with Crippen molar-refractivity contribution in [2.75, 3.05) is 7.11 Å². The summed E-state index contributed by atoms with van der Waals surface area (Å²) in [6, 6.07) is 15.5. The maximum Gasteiger partial charge on any atom is 0.377 e. The van der Waals surface area contributed by atoms with Crippen LogP contribution in [0.2, 0.25) is 0 Å². The van der Waals surface area contributed by atoms with Crippen molar-refractivity contribution in [2.24, 2.45) is 0 Å². The molecule has 0 aliphatic carbocycles. The molecule has 0 aliphatic heterocycles. The second-order valence-electron chi connectivity index (χ2n) is 4.31. The molecular weight excluding hydrogens is 284 g/mol.